The van der Waals surface area contributed by atoms with Crippen LogP contribution in [0.25, 0.3) is 0 Å². The van der Waals surface area contributed by atoms with Crippen LogP contribution >= 0.6 is 0 Å². The first kappa shape index (κ1) is 18.0. The summed E-state index contributed by atoms with van der Waals surface area (Å²) < 4.78 is 5.32. The quantitative estimate of drug-likeness (QED) is 0.673. The molecule has 1 atom stereocenters. The first-order valence-electron chi connectivity index (χ1n) is 7.94. The Kier molecular flexibility index (Phi) is 4.96. The Balaban J connectivity index is 2.14. The van der Waals surface area contributed by atoms with Gasteiger partial charge in [-0.1, -0.05) is 0 Å². The van der Waals surface area contributed by atoms with E-state index in [9.17, 15) is 14.9 Å². The standard InChI is InChI=1S/C16H24N4O4/c1-15(2,3)24-14(21)18-16(4)7-5-9-19(11-16)12-6-8-17-10-13(12)20(22)23/h6,8,10H,5,7,9,11H2,1-4H3,(H,18,21). The van der Waals surface area contributed by atoms with Gasteiger partial charge in [0, 0.05) is 19.3 Å². The lowest BCUT2D eigenvalue weighted by atomic mass is 9.91. The van der Waals surface area contributed by atoms with Gasteiger partial charge in [0.25, 0.3) is 0 Å². The molecule has 1 aromatic heterocycles. The number of carbonyl (C=O) groups is 1. The molecule has 1 aromatic rings. The molecule has 2 rings (SSSR count). The van der Waals surface area contributed by atoms with E-state index < -0.39 is 22.2 Å². The largest absolute Gasteiger partial charge is 0.444 e. The van der Waals surface area contributed by atoms with Crippen LogP contribution in [0.15, 0.2) is 18.5 Å². The third-order valence-corrected chi connectivity index (χ3v) is 3.81. The lowest BCUT2D eigenvalue weighted by Gasteiger charge is -2.41. The van der Waals surface area contributed by atoms with E-state index in [2.05, 4.69) is 10.3 Å². The highest BCUT2D eigenvalue weighted by Crippen LogP contribution is 2.32. The Hall–Kier alpha value is -2.38. The number of aromatic nitrogens is 1. The first-order valence-corrected chi connectivity index (χ1v) is 7.94. The van der Waals surface area contributed by atoms with Crippen LogP contribution < -0.4 is 10.2 Å². The molecule has 8 nitrogen and oxygen atoms in total. The van der Waals surface area contributed by atoms with Crippen LogP contribution in [0.5, 0.6) is 0 Å². The van der Waals surface area contributed by atoms with Crippen molar-refractivity contribution in [2.75, 3.05) is 18.0 Å². The number of alkyl carbamates (subject to hydrolysis) is 1. The molecule has 132 valence electrons. The second kappa shape index (κ2) is 6.62. The fraction of sp³-hybridized carbons (Fsp3) is 0.625. The van der Waals surface area contributed by atoms with Crippen LogP contribution in [0.2, 0.25) is 0 Å². The molecule has 2 heterocycles. The smallest absolute Gasteiger partial charge is 0.408 e. The SMILES string of the molecule is CC1(NC(=O)OC(C)(C)C)CCCN(c2ccncc2[N+](=O)[O-])C1. The molecular weight excluding hydrogens is 312 g/mol. The maximum Gasteiger partial charge on any atom is 0.408 e. The molecule has 1 amide bonds. The summed E-state index contributed by atoms with van der Waals surface area (Å²) in [6, 6.07) is 1.64. The molecule has 1 aliphatic heterocycles. The number of rotatable bonds is 3. The highest BCUT2D eigenvalue weighted by Gasteiger charge is 2.35. The fourth-order valence-electron chi connectivity index (χ4n) is 2.88. The summed E-state index contributed by atoms with van der Waals surface area (Å²) in [5.41, 5.74) is -0.595. The summed E-state index contributed by atoms with van der Waals surface area (Å²) in [7, 11) is 0. The van der Waals surface area contributed by atoms with Gasteiger partial charge in [-0.05, 0) is 46.6 Å². The van der Waals surface area contributed by atoms with Crippen molar-refractivity contribution < 1.29 is 14.5 Å². The Bertz CT molecular complexity index is 629. The molecule has 1 aliphatic rings. The molecule has 24 heavy (non-hydrogen) atoms. The van der Waals surface area contributed by atoms with Crippen molar-refractivity contribution in [2.24, 2.45) is 0 Å². The van der Waals surface area contributed by atoms with Crippen molar-refractivity contribution in [2.45, 2.75) is 51.7 Å². The van der Waals surface area contributed by atoms with Gasteiger partial charge in [0.2, 0.25) is 0 Å². The van der Waals surface area contributed by atoms with Crippen molar-refractivity contribution >= 4 is 17.5 Å². The molecule has 0 aliphatic carbocycles. The maximum atomic E-state index is 12.1. The van der Waals surface area contributed by atoms with E-state index >= 15 is 0 Å². The highest BCUT2D eigenvalue weighted by molar-refractivity contribution is 5.69. The van der Waals surface area contributed by atoms with Crippen LogP contribution in [0.3, 0.4) is 0 Å². The van der Waals surface area contributed by atoms with E-state index in [1.165, 1.54) is 12.4 Å². The zero-order valence-corrected chi connectivity index (χ0v) is 14.5. The maximum absolute atomic E-state index is 12.1. The van der Waals surface area contributed by atoms with Gasteiger partial charge in [0.1, 0.15) is 17.5 Å². The van der Waals surface area contributed by atoms with Crippen LogP contribution in [-0.4, -0.2) is 40.2 Å². The molecule has 8 heteroatoms. The minimum Gasteiger partial charge on any atom is -0.444 e. The second-order valence-corrected chi connectivity index (χ2v) is 7.33. The number of nitrogens with one attached hydrogen (secondary N) is 1. The van der Waals surface area contributed by atoms with E-state index in [-0.39, 0.29) is 5.69 Å². The summed E-state index contributed by atoms with van der Waals surface area (Å²) >= 11 is 0. The fourth-order valence-corrected chi connectivity index (χ4v) is 2.88. The van der Waals surface area contributed by atoms with Gasteiger partial charge >= 0.3 is 11.8 Å². The van der Waals surface area contributed by atoms with Gasteiger partial charge in [0.15, 0.2) is 0 Å². The number of ether oxygens (including phenoxy) is 1. The molecule has 0 spiro atoms. The number of hydrogen-bond acceptors (Lipinski definition) is 6. The summed E-state index contributed by atoms with van der Waals surface area (Å²) in [6.07, 6.45) is 3.90. The number of piperidine rings is 1. The lowest BCUT2D eigenvalue weighted by Crippen LogP contribution is -2.57. The van der Waals surface area contributed by atoms with Gasteiger partial charge in [-0.15, -0.1) is 0 Å². The van der Waals surface area contributed by atoms with Crippen LogP contribution in [0.4, 0.5) is 16.2 Å². The summed E-state index contributed by atoms with van der Waals surface area (Å²) in [6.45, 7) is 8.51. The lowest BCUT2D eigenvalue weighted by molar-refractivity contribution is -0.384. The molecule has 1 saturated heterocycles. The molecular formula is C16H24N4O4. The topological polar surface area (TPSA) is 97.6 Å². The van der Waals surface area contributed by atoms with Crippen molar-refractivity contribution in [3.63, 3.8) is 0 Å². The van der Waals surface area contributed by atoms with Crippen molar-refractivity contribution in [3.8, 4) is 0 Å². The predicted molar refractivity (Wildman–Crippen MR) is 90.1 cm³/mol. The normalized spacial score (nSPS) is 21.2. The summed E-state index contributed by atoms with van der Waals surface area (Å²) in [5, 5.41) is 14.1. The van der Waals surface area contributed by atoms with Gasteiger partial charge in [-0.2, -0.15) is 0 Å². The van der Waals surface area contributed by atoms with Crippen LogP contribution in [0, 0.1) is 10.1 Å². The number of nitro groups is 1. The first-order chi connectivity index (χ1) is 11.1. The third-order valence-electron chi connectivity index (χ3n) is 3.81. The predicted octanol–water partition coefficient (Wildman–Crippen LogP) is 2.87. The van der Waals surface area contributed by atoms with E-state index in [1.54, 1.807) is 6.07 Å². The second-order valence-electron chi connectivity index (χ2n) is 7.33. The number of pyridine rings is 1. The number of carbonyl (C=O) groups excluding carboxylic acids is 1. The zero-order valence-electron chi connectivity index (χ0n) is 14.5. The Morgan fingerprint density at radius 1 is 1.50 bits per heavy atom. The van der Waals surface area contributed by atoms with E-state index in [4.69, 9.17) is 4.74 Å². The minimum atomic E-state index is -0.571. The number of amides is 1. The number of nitrogens with zero attached hydrogens (tertiary/aromatic N) is 3. The Morgan fingerprint density at radius 2 is 2.21 bits per heavy atom. The monoisotopic (exact) mass is 336 g/mol. The molecule has 1 N–H and O–H groups in total. The molecule has 0 aromatic carbocycles. The van der Waals surface area contributed by atoms with E-state index in [1.807, 2.05) is 32.6 Å². The van der Waals surface area contributed by atoms with Gasteiger partial charge in [-0.3, -0.25) is 15.1 Å². The highest BCUT2D eigenvalue weighted by atomic mass is 16.6. The van der Waals surface area contributed by atoms with Gasteiger partial charge < -0.3 is 15.0 Å². The van der Waals surface area contributed by atoms with E-state index in [0.29, 0.717) is 18.8 Å². The van der Waals surface area contributed by atoms with Gasteiger partial charge in [0.05, 0.1) is 10.5 Å². The van der Waals surface area contributed by atoms with Crippen molar-refractivity contribution in [1.82, 2.24) is 10.3 Å². The third kappa shape index (κ3) is 4.56. The average molecular weight is 336 g/mol. The van der Waals surface area contributed by atoms with Crippen LogP contribution in [0.1, 0.15) is 40.5 Å². The summed E-state index contributed by atoms with van der Waals surface area (Å²) in [5.74, 6) is 0. The van der Waals surface area contributed by atoms with Crippen LogP contribution in [-0.2, 0) is 4.74 Å². The zero-order chi connectivity index (χ0) is 18.0. The Morgan fingerprint density at radius 3 is 2.83 bits per heavy atom. The van der Waals surface area contributed by atoms with Crippen molar-refractivity contribution in [1.29, 1.82) is 0 Å². The molecule has 0 bridgehead atoms. The number of anilines is 1. The molecule has 0 radical (unpaired) electrons. The van der Waals surface area contributed by atoms with Crippen molar-refractivity contribution in [3.05, 3.63) is 28.6 Å². The molecule has 1 fully saturated rings. The molecule has 0 saturated carbocycles. The Labute approximate surface area is 141 Å². The average Bonchev–Trinajstić information content (AvgIpc) is 2.44. The summed E-state index contributed by atoms with van der Waals surface area (Å²) in [4.78, 5) is 28.6. The minimum absolute atomic E-state index is 0.0287. The number of hydrogen-bond donors (Lipinski definition) is 1. The van der Waals surface area contributed by atoms with E-state index in [0.717, 1.165) is 12.8 Å². The van der Waals surface area contributed by atoms with Gasteiger partial charge in [-0.25, -0.2) is 4.79 Å². The molecule has 1 unspecified atom stereocenters.